The van der Waals surface area contributed by atoms with Crippen molar-refractivity contribution in [3.63, 3.8) is 0 Å². The third-order valence-corrected chi connectivity index (χ3v) is 5.55. The molecule has 25 heavy (non-hydrogen) atoms. The van der Waals surface area contributed by atoms with Crippen molar-refractivity contribution in [2.24, 2.45) is 0 Å². The van der Waals surface area contributed by atoms with E-state index in [1.807, 2.05) is 6.07 Å². The lowest BCUT2D eigenvalue weighted by atomic mass is 10.0. The van der Waals surface area contributed by atoms with E-state index in [1.165, 1.54) is 18.2 Å². The fraction of sp³-hybridized carbons (Fsp3) is 0.278. The van der Waals surface area contributed by atoms with Gasteiger partial charge in [0.2, 0.25) is 5.91 Å². The number of nitrogens with zero attached hydrogens (tertiary/aromatic N) is 1. The normalized spacial score (nSPS) is 14.1. The minimum absolute atomic E-state index is 0.00564. The summed E-state index contributed by atoms with van der Waals surface area (Å²) in [4.78, 5) is 13.7. The zero-order valence-electron chi connectivity index (χ0n) is 13.8. The second kappa shape index (κ2) is 6.84. The largest absolute Gasteiger partial charge is 0.312 e. The third-order valence-electron chi connectivity index (χ3n) is 4.17. The van der Waals surface area contributed by atoms with Gasteiger partial charge in [-0.15, -0.1) is 0 Å². The van der Waals surface area contributed by atoms with Gasteiger partial charge in [0.05, 0.1) is 10.6 Å². The maximum atomic E-state index is 13.3. The highest BCUT2D eigenvalue weighted by atomic mass is 32.2. The highest BCUT2D eigenvalue weighted by Crippen LogP contribution is 2.31. The molecule has 0 saturated carbocycles. The average Bonchev–Trinajstić information content (AvgIpc) is 2.60. The van der Waals surface area contributed by atoms with Crippen LogP contribution in [-0.4, -0.2) is 20.9 Å². The van der Waals surface area contributed by atoms with Gasteiger partial charge in [-0.3, -0.25) is 9.52 Å². The molecule has 0 fully saturated rings. The summed E-state index contributed by atoms with van der Waals surface area (Å²) in [5.74, 6) is -0.612. The van der Waals surface area contributed by atoms with Crippen LogP contribution >= 0.6 is 0 Å². The van der Waals surface area contributed by atoms with Crippen molar-refractivity contribution in [3.05, 3.63) is 53.8 Å². The molecular formula is C18H19FN2O3S. The molecule has 7 heteroatoms. The molecule has 3 rings (SSSR count). The summed E-state index contributed by atoms with van der Waals surface area (Å²) in [5, 5.41) is 0. The first-order valence-corrected chi connectivity index (χ1v) is 9.60. The topological polar surface area (TPSA) is 66.5 Å². The number of benzene rings is 2. The molecule has 0 aliphatic carbocycles. The minimum atomic E-state index is -3.90. The monoisotopic (exact) mass is 362 g/mol. The Labute approximate surface area is 146 Å². The lowest BCUT2D eigenvalue weighted by molar-refractivity contribution is -0.118. The molecule has 2 aromatic rings. The zero-order chi connectivity index (χ0) is 18.0. The molecular weight excluding hydrogens is 343 g/mol. The number of hydrogen-bond acceptors (Lipinski definition) is 3. The molecule has 0 saturated heterocycles. The number of sulfonamides is 1. The Morgan fingerprint density at radius 3 is 2.76 bits per heavy atom. The third kappa shape index (κ3) is 3.66. The summed E-state index contributed by atoms with van der Waals surface area (Å²) >= 11 is 0. The lowest BCUT2D eigenvalue weighted by Crippen LogP contribution is -2.35. The molecule has 2 aromatic carbocycles. The Morgan fingerprint density at radius 1 is 1.24 bits per heavy atom. The van der Waals surface area contributed by atoms with Crippen molar-refractivity contribution in [1.82, 2.24) is 0 Å². The standard InChI is InChI=1S/C18H19FN2O3S/c1-2-18(22)21-10-4-5-13-8-9-15(12-17(13)21)20-25(23,24)16-7-3-6-14(19)11-16/h3,6-9,11-12,20H,2,4-5,10H2,1H3. The molecule has 0 radical (unpaired) electrons. The van der Waals surface area contributed by atoms with Crippen LogP contribution in [0.3, 0.4) is 0 Å². The molecule has 1 aliphatic heterocycles. The van der Waals surface area contributed by atoms with Crippen LogP contribution in [0.5, 0.6) is 0 Å². The van der Waals surface area contributed by atoms with E-state index in [2.05, 4.69) is 4.72 Å². The highest BCUT2D eigenvalue weighted by molar-refractivity contribution is 7.92. The number of amides is 1. The van der Waals surface area contributed by atoms with Crippen LogP contribution in [0.1, 0.15) is 25.3 Å². The van der Waals surface area contributed by atoms with Crippen molar-refractivity contribution in [2.45, 2.75) is 31.1 Å². The van der Waals surface area contributed by atoms with Crippen LogP contribution < -0.4 is 9.62 Å². The summed E-state index contributed by atoms with van der Waals surface area (Å²) < 4.78 is 40.6. The van der Waals surface area contributed by atoms with E-state index in [0.717, 1.165) is 30.2 Å². The number of nitrogens with one attached hydrogen (secondary N) is 1. The van der Waals surface area contributed by atoms with E-state index in [9.17, 15) is 17.6 Å². The van der Waals surface area contributed by atoms with Gasteiger partial charge in [0.15, 0.2) is 0 Å². The first-order valence-electron chi connectivity index (χ1n) is 8.12. The van der Waals surface area contributed by atoms with Crippen molar-refractivity contribution >= 4 is 27.3 Å². The Balaban J connectivity index is 1.93. The van der Waals surface area contributed by atoms with Gasteiger partial charge in [0.25, 0.3) is 10.0 Å². The van der Waals surface area contributed by atoms with Crippen molar-refractivity contribution in [3.8, 4) is 0 Å². The van der Waals surface area contributed by atoms with E-state index < -0.39 is 15.8 Å². The molecule has 0 unspecified atom stereocenters. The van der Waals surface area contributed by atoms with Crippen molar-refractivity contribution < 1.29 is 17.6 Å². The molecule has 0 bridgehead atoms. The van der Waals surface area contributed by atoms with Crippen LogP contribution in [-0.2, 0) is 21.2 Å². The predicted octanol–water partition coefficient (Wildman–Crippen LogP) is 3.32. The molecule has 1 aliphatic rings. The van der Waals surface area contributed by atoms with Gasteiger partial charge in [0.1, 0.15) is 5.82 Å². The summed E-state index contributed by atoms with van der Waals surface area (Å²) in [6, 6.07) is 9.98. The molecule has 0 spiro atoms. The van der Waals surface area contributed by atoms with E-state index in [1.54, 1.807) is 24.0 Å². The lowest BCUT2D eigenvalue weighted by Gasteiger charge is -2.29. The molecule has 1 amide bonds. The van der Waals surface area contributed by atoms with Crippen LogP contribution in [0.4, 0.5) is 15.8 Å². The van der Waals surface area contributed by atoms with Crippen molar-refractivity contribution in [1.29, 1.82) is 0 Å². The van der Waals surface area contributed by atoms with E-state index in [0.29, 0.717) is 18.7 Å². The molecule has 132 valence electrons. The van der Waals surface area contributed by atoms with E-state index >= 15 is 0 Å². The van der Waals surface area contributed by atoms with Crippen LogP contribution in [0.2, 0.25) is 0 Å². The quantitative estimate of drug-likeness (QED) is 0.907. The number of hydrogen-bond donors (Lipinski definition) is 1. The summed E-state index contributed by atoms with van der Waals surface area (Å²) in [7, 11) is -3.90. The van der Waals surface area contributed by atoms with Gasteiger partial charge < -0.3 is 4.90 Å². The number of halogens is 1. The number of carbonyl (C=O) groups is 1. The number of carbonyl (C=O) groups excluding carboxylic acids is 1. The van der Waals surface area contributed by atoms with Gasteiger partial charge in [-0.05, 0) is 48.7 Å². The average molecular weight is 362 g/mol. The van der Waals surface area contributed by atoms with E-state index in [-0.39, 0.29) is 10.8 Å². The first kappa shape index (κ1) is 17.4. The number of rotatable bonds is 4. The Morgan fingerprint density at radius 2 is 2.04 bits per heavy atom. The van der Waals surface area contributed by atoms with Crippen LogP contribution in [0, 0.1) is 5.82 Å². The first-order chi connectivity index (χ1) is 11.9. The number of fused-ring (bicyclic) bond motifs is 1. The maximum absolute atomic E-state index is 13.3. The second-order valence-corrected chi connectivity index (χ2v) is 7.59. The van der Waals surface area contributed by atoms with Crippen LogP contribution in [0.15, 0.2) is 47.4 Å². The predicted molar refractivity (Wildman–Crippen MR) is 94.6 cm³/mol. The summed E-state index contributed by atoms with van der Waals surface area (Å²) in [6.07, 6.45) is 2.12. The minimum Gasteiger partial charge on any atom is -0.312 e. The molecule has 1 heterocycles. The summed E-state index contributed by atoms with van der Waals surface area (Å²) in [6.45, 7) is 2.42. The van der Waals surface area contributed by atoms with Crippen LogP contribution in [0.25, 0.3) is 0 Å². The van der Waals surface area contributed by atoms with Gasteiger partial charge in [0, 0.05) is 18.7 Å². The SMILES string of the molecule is CCC(=O)N1CCCc2ccc(NS(=O)(=O)c3cccc(F)c3)cc21. The molecule has 0 aromatic heterocycles. The maximum Gasteiger partial charge on any atom is 0.261 e. The van der Waals surface area contributed by atoms with Gasteiger partial charge in [-0.1, -0.05) is 19.1 Å². The Kier molecular flexibility index (Phi) is 4.76. The summed E-state index contributed by atoms with van der Waals surface area (Å²) in [5.41, 5.74) is 2.10. The highest BCUT2D eigenvalue weighted by Gasteiger charge is 2.23. The van der Waals surface area contributed by atoms with Gasteiger partial charge in [-0.2, -0.15) is 0 Å². The fourth-order valence-electron chi connectivity index (χ4n) is 2.94. The van der Waals surface area contributed by atoms with Crippen molar-refractivity contribution in [2.75, 3.05) is 16.2 Å². The zero-order valence-corrected chi connectivity index (χ0v) is 14.6. The number of anilines is 2. The Bertz CT molecular complexity index is 912. The fourth-order valence-corrected chi connectivity index (χ4v) is 4.02. The number of aryl methyl sites for hydroxylation is 1. The molecule has 1 N–H and O–H groups in total. The van der Waals surface area contributed by atoms with E-state index in [4.69, 9.17) is 0 Å². The second-order valence-electron chi connectivity index (χ2n) is 5.91. The molecule has 0 atom stereocenters. The van der Waals surface area contributed by atoms with Gasteiger partial charge >= 0.3 is 0 Å². The Hall–Kier alpha value is -2.41. The molecule has 5 nitrogen and oxygen atoms in total. The van der Waals surface area contributed by atoms with Gasteiger partial charge in [-0.25, -0.2) is 12.8 Å². The smallest absolute Gasteiger partial charge is 0.261 e.